The largest absolute Gasteiger partial charge is 0.346 e. The maximum absolute atomic E-state index is 12.5. The first-order valence-corrected chi connectivity index (χ1v) is 9.88. The van der Waals surface area contributed by atoms with Crippen LogP contribution >= 0.6 is 0 Å². The fraction of sp³-hybridized carbons (Fsp3) is 0.316. The highest BCUT2D eigenvalue weighted by atomic mass is 32.2. The predicted octanol–water partition coefficient (Wildman–Crippen LogP) is 2.02. The summed E-state index contributed by atoms with van der Waals surface area (Å²) in [6, 6.07) is 15.5. The molecule has 2 aromatic rings. The number of amides is 1. The van der Waals surface area contributed by atoms with Crippen molar-refractivity contribution in [1.29, 1.82) is 0 Å². The minimum absolute atomic E-state index is 0.0799. The van der Waals surface area contributed by atoms with Gasteiger partial charge in [0.1, 0.15) is 0 Å². The van der Waals surface area contributed by atoms with Gasteiger partial charge in [-0.2, -0.15) is 0 Å². The molecule has 0 aliphatic carbocycles. The van der Waals surface area contributed by atoms with Crippen molar-refractivity contribution in [3.05, 3.63) is 65.7 Å². The quantitative estimate of drug-likeness (QED) is 0.740. The Kier molecular flexibility index (Phi) is 6.90. The van der Waals surface area contributed by atoms with Crippen LogP contribution in [0.4, 0.5) is 0 Å². The van der Waals surface area contributed by atoms with E-state index in [1.807, 2.05) is 56.3 Å². The van der Waals surface area contributed by atoms with Crippen molar-refractivity contribution in [3.8, 4) is 0 Å². The molecule has 2 aromatic carbocycles. The fourth-order valence-corrected chi connectivity index (χ4v) is 3.46. The summed E-state index contributed by atoms with van der Waals surface area (Å²) >= 11 is 0. The Bertz CT molecular complexity index is 836. The molecule has 1 atom stereocenters. The molecule has 0 aromatic heterocycles. The van der Waals surface area contributed by atoms with Crippen molar-refractivity contribution in [2.75, 3.05) is 27.2 Å². The van der Waals surface area contributed by atoms with E-state index in [0.29, 0.717) is 18.7 Å². The van der Waals surface area contributed by atoms with Gasteiger partial charge < -0.3 is 10.2 Å². The van der Waals surface area contributed by atoms with Gasteiger partial charge in [0.2, 0.25) is 10.0 Å². The van der Waals surface area contributed by atoms with E-state index in [1.54, 1.807) is 12.1 Å². The summed E-state index contributed by atoms with van der Waals surface area (Å²) in [5.41, 5.74) is 1.29. The first-order valence-electron chi connectivity index (χ1n) is 8.40. The summed E-state index contributed by atoms with van der Waals surface area (Å²) in [4.78, 5) is 14.4. The molecular weight excluding hydrogens is 350 g/mol. The van der Waals surface area contributed by atoms with E-state index in [2.05, 4.69) is 10.0 Å². The first kappa shape index (κ1) is 20.1. The summed E-state index contributed by atoms with van der Waals surface area (Å²) in [5, 5.41) is 2.89. The van der Waals surface area contributed by atoms with Gasteiger partial charge in [-0.05, 0) is 44.8 Å². The molecule has 140 valence electrons. The van der Waals surface area contributed by atoms with Crippen molar-refractivity contribution in [1.82, 2.24) is 14.9 Å². The number of hydrogen-bond donors (Lipinski definition) is 2. The molecule has 6 nitrogen and oxygen atoms in total. The van der Waals surface area contributed by atoms with Gasteiger partial charge in [0.15, 0.2) is 0 Å². The number of carbonyl (C=O) groups excluding carboxylic acids is 1. The van der Waals surface area contributed by atoms with Crippen LogP contribution in [0.25, 0.3) is 0 Å². The average Bonchev–Trinajstić information content (AvgIpc) is 2.62. The molecule has 0 radical (unpaired) electrons. The van der Waals surface area contributed by atoms with Gasteiger partial charge in [0.25, 0.3) is 5.91 Å². The number of sulfonamides is 1. The number of rotatable bonds is 8. The topological polar surface area (TPSA) is 78.5 Å². The molecule has 0 bridgehead atoms. The number of nitrogens with one attached hydrogen (secondary N) is 2. The Morgan fingerprint density at radius 3 is 2.42 bits per heavy atom. The average molecular weight is 375 g/mol. The minimum atomic E-state index is -3.65. The second kappa shape index (κ2) is 8.93. The van der Waals surface area contributed by atoms with Crippen molar-refractivity contribution in [2.24, 2.45) is 0 Å². The fourth-order valence-electron chi connectivity index (χ4n) is 2.40. The second-order valence-electron chi connectivity index (χ2n) is 6.33. The minimum Gasteiger partial charge on any atom is -0.346 e. The zero-order chi connectivity index (χ0) is 19.2. The van der Waals surface area contributed by atoms with Crippen LogP contribution in [0.2, 0.25) is 0 Å². The third kappa shape index (κ3) is 5.66. The first-order chi connectivity index (χ1) is 12.3. The maximum atomic E-state index is 12.5. The van der Waals surface area contributed by atoms with Crippen molar-refractivity contribution in [2.45, 2.75) is 17.9 Å². The highest BCUT2D eigenvalue weighted by Gasteiger charge is 2.17. The summed E-state index contributed by atoms with van der Waals surface area (Å²) < 4.78 is 27.3. The molecular formula is C19H25N3O3S. The Balaban J connectivity index is 2.09. The van der Waals surface area contributed by atoms with Crippen molar-refractivity contribution in [3.63, 3.8) is 0 Å². The molecule has 1 unspecified atom stereocenters. The SMILES string of the molecule is CC(NC(=O)c1cccc(S(=O)(=O)NCCN(C)C)c1)c1ccccc1. The van der Waals surface area contributed by atoms with Gasteiger partial charge in [-0.15, -0.1) is 0 Å². The van der Waals surface area contributed by atoms with Crippen LogP contribution < -0.4 is 10.0 Å². The van der Waals surface area contributed by atoms with Crippen LogP contribution in [0.1, 0.15) is 28.9 Å². The van der Waals surface area contributed by atoms with Gasteiger partial charge in [-0.3, -0.25) is 4.79 Å². The van der Waals surface area contributed by atoms with E-state index in [-0.39, 0.29) is 16.8 Å². The van der Waals surface area contributed by atoms with E-state index in [4.69, 9.17) is 0 Å². The predicted molar refractivity (Wildman–Crippen MR) is 103 cm³/mol. The normalized spacial score (nSPS) is 12.8. The number of benzene rings is 2. The summed E-state index contributed by atoms with van der Waals surface area (Å²) in [6.45, 7) is 2.78. The molecule has 0 fully saturated rings. The van der Waals surface area contributed by atoms with Crippen LogP contribution in [0.15, 0.2) is 59.5 Å². The standard InChI is InChI=1S/C19H25N3O3S/c1-15(16-8-5-4-6-9-16)21-19(23)17-10-7-11-18(14-17)26(24,25)20-12-13-22(2)3/h4-11,14-15,20H,12-13H2,1-3H3,(H,21,23). The number of nitrogens with zero attached hydrogens (tertiary/aromatic N) is 1. The van der Waals surface area contributed by atoms with Crippen LogP contribution in [0, 0.1) is 0 Å². The molecule has 0 saturated carbocycles. The van der Waals surface area contributed by atoms with Gasteiger partial charge in [-0.25, -0.2) is 13.1 Å². The Morgan fingerprint density at radius 2 is 1.77 bits per heavy atom. The third-order valence-electron chi connectivity index (χ3n) is 3.90. The van der Waals surface area contributed by atoms with Gasteiger partial charge in [0.05, 0.1) is 10.9 Å². The Labute approximate surface area is 155 Å². The Hall–Kier alpha value is -2.22. The van der Waals surface area contributed by atoms with E-state index < -0.39 is 10.0 Å². The van der Waals surface area contributed by atoms with Crippen molar-refractivity contribution >= 4 is 15.9 Å². The maximum Gasteiger partial charge on any atom is 0.251 e. The lowest BCUT2D eigenvalue weighted by molar-refractivity contribution is 0.0939. The lowest BCUT2D eigenvalue weighted by Crippen LogP contribution is -2.31. The van der Waals surface area contributed by atoms with Crippen LogP contribution in [-0.4, -0.2) is 46.4 Å². The molecule has 2 rings (SSSR count). The zero-order valence-corrected chi connectivity index (χ0v) is 16.1. The van der Waals surface area contributed by atoms with Crippen LogP contribution in [0.5, 0.6) is 0 Å². The third-order valence-corrected chi connectivity index (χ3v) is 5.36. The van der Waals surface area contributed by atoms with E-state index in [0.717, 1.165) is 5.56 Å². The van der Waals surface area contributed by atoms with Crippen LogP contribution in [0.3, 0.4) is 0 Å². The molecule has 0 spiro atoms. The summed E-state index contributed by atoms with van der Waals surface area (Å²) in [6.07, 6.45) is 0. The number of likely N-dealkylation sites (N-methyl/N-ethyl adjacent to an activating group) is 1. The van der Waals surface area contributed by atoms with E-state index in [1.165, 1.54) is 12.1 Å². The summed E-state index contributed by atoms with van der Waals surface area (Å²) in [7, 11) is 0.0872. The molecule has 1 amide bonds. The lowest BCUT2D eigenvalue weighted by atomic mass is 10.1. The highest BCUT2D eigenvalue weighted by molar-refractivity contribution is 7.89. The van der Waals surface area contributed by atoms with E-state index in [9.17, 15) is 13.2 Å². The van der Waals surface area contributed by atoms with E-state index >= 15 is 0 Å². The molecule has 0 heterocycles. The number of carbonyl (C=O) groups is 1. The molecule has 7 heteroatoms. The molecule has 2 N–H and O–H groups in total. The highest BCUT2D eigenvalue weighted by Crippen LogP contribution is 2.15. The summed E-state index contributed by atoms with van der Waals surface area (Å²) in [5.74, 6) is -0.313. The molecule has 0 saturated heterocycles. The molecule has 0 aliphatic rings. The Morgan fingerprint density at radius 1 is 1.08 bits per heavy atom. The smallest absolute Gasteiger partial charge is 0.251 e. The van der Waals surface area contributed by atoms with Gasteiger partial charge in [0, 0.05) is 18.7 Å². The zero-order valence-electron chi connectivity index (χ0n) is 15.3. The molecule has 0 aliphatic heterocycles. The number of hydrogen-bond acceptors (Lipinski definition) is 4. The second-order valence-corrected chi connectivity index (χ2v) is 8.10. The molecule has 26 heavy (non-hydrogen) atoms. The van der Waals surface area contributed by atoms with Crippen molar-refractivity contribution < 1.29 is 13.2 Å². The lowest BCUT2D eigenvalue weighted by Gasteiger charge is -2.15. The monoisotopic (exact) mass is 375 g/mol. The van der Waals surface area contributed by atoms with Crippen LogP contribution in [-0.2, 0) is 10.0 Å². The van der Waals surface area contributed by atoms with Gasteiger partial charge >= 0.3 is 0 Å². The van der Waals surface area contributed by atoms with Gasteiger partial charge in [-0.1, -0.05) is 36.4 Å².